The van der Waals surface area contributed by atoms with Crippen LogP contribution >= 0.6 is 0 Å². The first kappa shape index (κ1) is 25.1. The Balaban J connectivity index is 1.17. The van der Waals surface area contributed by atoms with Gasteiger partial charge in [-0.15, -0.1) is 0 Å². The highest BCUT2D eigenvalue weighted by Crippen LogP contribution is 2.34. The van der Waals surface area contributed by atoms with Crippen molar-refractivity contribution >= 4 is 33.3 Å². The van der Waals surface area contributed by atoms with Crippen molar-refractivity contribution in [2.24, 2.45) is 4.99 Å². The zero-order valence-corrected chi connectivity index (χ0v) is 23.6. The largest absolute Gasteiger partial charge is 0.340 e. The lowest BCUT2D eigenvalue weighted by Crippen LogP contribution is -2.27. The summed E-state index contributed by atoms with van der Waals surface area (Å²) < 4.78 is 2.36. The summed E-state index contributed by atoms with van der Waals surface area (Å²) >= 11 is 0. The number of rotatable bonds is 5. The van der Waals surface area contributed by atoms with Crippen LogP contribution in [0.4, 0.5) is 0 Å². The van der Waals surface area contributed by atoms with Gasteiger partial charge in [0.1, 0.15) is 5.84 Å². The van der Waals surface area contributed by atoms with Gasteiger partial charge in [-0.1, -0.05) is 127 Å². The lowest BCUT2D eigenvalue weighted by atomic mass is 9.97. The first-order valence-corrected chi connectivity index (χ1v) is 14.7. The van der Waals surface area contributed by atoms with Crippen molar-refractivity contribution in [3.8, 4) is 16.8 Å². The average Bonchev–Trinajstić information content (AvgIpc) is 3.43. The molecule has 1 atom stereocenters. The molecule has 43 heavy (non-hydrogen) atoms. The summed E-state index contributed by atoms with van der Waals surface area (Å²) in [6, 6.07) is 55.7. The van der Waals surface area contributed by atoms with E-state index in [4.69, 9.17) is 4.99 Å². The molecule has 3 heteroatoms. The number of para-hydroxylation sites is 2. The molecule has 0 aliphatic carbocycles. The lowest BCUT2D eigenvalue weighted by molar-refractivity contribution is 0.880. The van der Waals surface area contributed by atoms with E-state index < -0.39 is 0 Å². The Hall–Kier alpha value is -5.67. The molecule has 8 rings (SSSR count). The predicted octanol–water partition coefficient (Wildman–Crippen LogP) is 9.58. The summed E-state index contributed by atoms with van der Waals surface area (Å²) in [6.07, 6.45) is 2.23. The first-order valence-electron chi connectivity index (χ1n) is 14.7. The Morgan fingerprint density at radius 2 is 1.07 bits per heavy atom. The molecular formula is C40H29N3. The third kappa shape index (κ3) is 4.61. The third-order valence-corrected chi connectivity index (χ3v) is 8.24. The van der Waals surface area contributed by atoms with Crippen LogP contribution in [-0.4, -0.2) is 10.4 Å². The SMILES string of the molecule is C1=C(c2ccccc2)NC(c2ccccc2)=NC1c1cccc(-c2ccc(-n3c4ccccc4c4ccccc43)cc2)c1. The van der Waals surface area contributed by atoms with E-state index in [0.29, 0.717) is 0 Å². The highest BCUT2D eigenvalue weighted by Gasteiger charge is 2.20. The molecule has 0 spiro atoms. The van der Waals surface area contributed by atoms with Gasteiger partial charge in [-0.3, -0.25) is 4.99 Å². The molecule has 7 aromatic rings. The summed E-state index contributed by atoms with van der Waals surface area (Å²) in [5, 5.41) is 6.13. The highest BCUT2D eigenvalue weighted by atomic mass is 15.0. The second kappa shape index (κ2) is 10.6. The number of hydrogen-bond acceptors (Lipinski definition) is 2. The number of aliphatic imine (C=N–C) groups is 1. The number of hydrogen-bond donors (Lipinski definition) is 1. The van der Waals surface area contributed by atoms with Crippen LogP contribution in [0, 0.1) is 0 Å². The standard InChI is InChI=1S/C40H29N3/c1-3-12-29(13-4-1)36-27-37(42-40(41-36)30-14-5-2-6-15-30)32-17-11-16-31(26-32)28-22-24-33(25-23-28)43-38-20-9-7-18-34(38)35-19-8-10-21-39(35)43/h1-27,37H,(H,41,42). The molecule has 0 fully saturated rings. The molecule has 1 unspecified atom stereocenters. The van der Waals surface area contributed by atoms with Gasteiger partial charge in [0.2, 0.25) is 0 Å². The maximum Gasteiger partial charge on any atom is 0.133 e. The fourth-order valence-electron chi connectivity index (χ4n) is 6.14. The zero-order valence-electron chi connectivity index (χ0n) is 23.6. The van der Waals surface area contributed by atoms with Gasteiger partial charge >= 0.3 is 0 Å². The van der Waals surface area contributed by atoms with Gasteiger partial charge in [0, 0.05) is 27.7 Å². The number of amidine groups is 1. The van der Waals surface area contributed by atoms with E-state index >= 15 is 0 Å². The summed E-state index contributed by atoms with van der Waals surface area (Å²) in [7, 11) is 0. The van der Waals surface area contributed by atoms with Gasteiger partial charge in [0.25, 0.3) is 0 Å². The summed E-state index contributed by atoms with van der Waals surface area (Å²) in [6.45, 7) is 0. The van der Waals surface area contributed by atoms with Crippen LogP contribution < -0.4 is 5.32 Å². The van der Waals surface area contributed by atoms with Crippen LogP contribution in [0.1, 0.15) is 22.7 Å². The predicted molar refractivity (Wildman–Crippen MR) is 179 cm³/mol. The van der Waals surface area contributed by atoms with E-state index in [0.717, 1.165) is 33.9 Å². The number of benzene rings is 6. The molecule has 1 aliphatic rings. The molecule has 0 saturated heterocycles. The van der Waals surface area contributed by atoms with Crippen LogP contribution in [0.3, 0.4) is 0 Å². The number of nitrogens with zero attached hydrogens (tertiary/aromatic N) is 2. The maximum absolute atomic E-state index is 5.16. The smallest absolute Gasteiger partial charge is 0.133 e. The Bertz CT molecular complexity index is 2030. The lowest BCUT2D eigenvalue weighted by Gasteiger charge is -2.23. The van der Waals surface area contributed by atoms with E-state index in [-0.39, 0.29) is 6.04 Å². The van der Waals surface area contributed by atoms with Gasteiger partial charge in [-0.25, -0.2) is 0 Å². The molecule has 0 amide bonds. The van der Waals surface area contributed by atoms with Crippen molar-refractivity contribution in [3.63, 3.8) is 0 Å². The van der Waals surface area contributed by atoms with Crippen LogP contribution in [0.2, 0.25) is 0 Å². The second-order valence-corrected chi connectivity index (χ2v) is 10.9. The van der Waals surface area contributed by atoms with E-state index in [1.54, 1.807) is 0 Å². The Labute approximate surface area is 251 Å². The van der Waals surface area contributed by atoms with Gasteiger partial charge < -0.3 is 9.88 Å². The van der Waals surface area contributed by atoms with E-state index in [9.17, 15) is 0 Å². The van der Waals surface area contributed by atoms with Gasteiger partial charge in [0.15, 0.2) is 0 Å². The molecule has 0 saturated carbocycles. The highest BCUT2D eigenvalue weighted by molar-refractivity contribution is 6.09. The maximum atomic E-state index is 5.16. The Morgan fingerprint density at radius 1 is 0.488 bits per heavy atom. The van der Waals surface area contributed by atoms with Crippen LogP contribution in [0.25, 0.3) is 44.3 Å². The molecule has 1 N–H and O–H groups in total. The Morgan fingerprint density at radius 3 is 1.74 bits per heavy atom. The molecule has 6 aromatic carbocycles. The van der Waals surface area contributed by atoms with Crippen molar-refractivity contribution in [1.82, 2.24) is 9.88 Å². The van der Waals surface area contributed by atoms with Gasteiger partial charge in [0.05, 0.1) is 17.1 Å². The summed E-state index contributed by atoms with van der Waals surface area (Å²) in [4.78, 5) is 5.16. The quantitative estimate of drug-likeness (QED) is 0.227. The fraction of sp³-hybridized carbons (Fsp3) is 0.0250. The molecule has 204 valence electrons. The monoisotopic (exact) mass is 551 g/mol. The molecular weight excluding hydrogens is 522 g/mol. The van der Waals surface area contributed by atoms with Crippen LogP contribution in [0.15, 0.2) is 169 Å². The van der Waals surface area contributed by atoms with Crippen molar-refractivity contribution in [2.45, 2.75) is 6.04 Å². The minimum atomic E-state index is -0.108. The molecule has 1 aliphatic heterocycles. The number of fused-ring (bicyclic) bond motifs is 3. The zero-order chi connectivity index (χ0) is 28.6. The molecule has 1 aromatic heterocycles. The topological polar surface area (TPSA) is 29.3 Å². The Kier molecular flexibility index (Phi) is 6.20. The van der Waals surface area contributed by atoms with Crippen LogP contribution in [0.5, 0.6) is 0 Å². The van der Waals surface area contributed by atoms with Crippen molar-refractivity contribution in [2.75, 3.05) is 0 Å². The van der Waals surface area contributed by atoms with E-state index in [1.165, 1.54) is 32.9 Å². The molecule has 3 nitrogen and oxygen atoms in total. The summed E-state index contributed by atoms with van der Waals surface area (Å²) in [5.74, 6) is 0.882. The second-order valence-electron chi connectivity index (χ2n) is 10.9. The minimum absolute atomic E-state index is 0.108. The van der Waals surface area contributed by atoms with Gasteiger partial charge in [-0.2, -0.15) is 0 Å². The average molecular weight is 552 g/mol. The van der Waals surface area contributed by atoms with Crippen molar-refractivity contribution in [3.05, 3.63) is 180 Å². The van der Waals surface area contributed by atoms with Gasteiger partial charge in [-0.05, 0) is 58.7 Å². The fourth-order valence-corrected chi connectivity index (χ4v) is 6.14. The van der Waals surface area contributed by atoms with Crippen LogP contribution in [-0.2, 0) is 0 Å². The normalized spacial score (nSPS) is 14.7. The molecule has 2 heterocycles. The third-order valence-electron chi connectivity index (χ3n) is 8.24. The number of nitrogens with one attached hydrogen (secondary N) is 1. The van der Waals surface area contributed by atoms with Crippen molar-refractivity contribution in [1.29, 1.82) is 0 Å². The molecule has 0 radical (unpaired) electrons. The first-order chi connectivity index (χ1) is 21.3. The van der Waals surface area contributed by atoms with E-state index in [2.05, 4.69) is 162 Å². The van der Waals surface area contributed by atoms with E-state index in [1.807, 2.05) is 12.1 Å². The van der Waals surface area contributed by atoms with Crippen molar-refractivity contribution < 1.29 is 0 Å². The minimum Gasteiger partial charge on any atom is -0.340 e. The number of aromatic nitrogens is 1. The summed E-state index contributed by atoms with van der Waals surface area (Å²) in [5.41, 5.74) is 10.4. The molecule has 0 bridgehead atoms.